The first-order valence-electron chi connectivity index (χ1n) is 12.5. The van der Waals surface area contributed by atoms with Crippen LogP contribution in [-0.4, -0.2) is 55.6 Å². The second kappa shape index (κ2) is 10.5. The topological polar surface area (TPSA) is 98.8 Å². The van der Waals surface area contributed by atoms with Crippen molar-refractivity contribution in [3.63, 3.8) is 0 Å². The predicted molar refractivity (Wildman–Crippen MR) is 141 cm³/mol. The van der Waals surface area contributed by atoms with E-state index in [9.17, 15) is 18.8 Å². The molecule has 0 radical (unpaired) electrons. The first kappa shape index (κ1) is 25.8. The first-order chi connectivity index (χ1) is 18.3. The van der Waals surface area contributed by atoms with Gasteiger partial charge in [0.25, 0.3) is 5.56 Å². The van der Waals surface area contributed by atoms with Crippen LogP contribution in [0.1, 0.15) is 36.8 Å². The van der Waals surface area contributed by atoms with Gasteiger partial charge in [0, 0.05) is 29.9 Å². The average molecular weight is 538 g/mol. The molecule has 1 fully saturated rings. The number of rotatable bonds is 6. The molecule has 0 aliphatic carbocycles. The molecule has 38 heavy (non-hydrogen) atoms. The molecule has 198 valence electrons. The van der Waals surface area contributed by atoms with Gasteiger partial charge in [0.1, 0.15) is 11.5 Å². The highest BCUT2D eigenvalue weighted by Crippen LogP contribution is 2.24. The summed E-state index contributed by atoms with van der Waals surface area (Å²) >= 11 is 1.30. The monoisotopic (exact) mass is 537 g/mol. The van der Waals surface area contributed by atoms with Crippen LogP contribution < -0.4 is 5.56 Å². The molecule has 1 unspecified atom stereocenters. The van der Waals surface area contributed by atoms with E-state index < -0.39 is 0 Å². The third-order valence-corrected chi connectivity index (χ3v) is 7.64. The normalized spacial score (nSPS) is 15.7. The molecule has 9 nitrogen and oxygen atoms in total. The fourth-order valence-corrected chi connectivity index (χ4v) is 5.81. The minimum absolute atomic E-state index is 0.0165. The number of ether oxygens (including phenoxy) is 1. The Hall–Kier alpha value is -3.86. The molecule has 4 heterocycles. The van der Waals surface area contributed by atoms with Crippen LogP contribution in [0.3, 0.4) is 0 Å². The lowest BCUT2D eigenvalue weighted by atomic mass is 9.98. The lowest BCUT2D eigenvalue weighted by Crippen LogP contribution is -2.43. The number of aromatic nitrogens is 4. The number of likely N-dealkylation sites (tertiary alicyclic amines) is 1. The molecule has 1 aliphatic rings. The van der Waals surface area contributed by atoms with Crippen LogP contribution in [0.2, 0.25) is 0 Å². The second-order valence-electron chi connectivity index (χ2n) is 9.39. The Labute approximate surface area is 222 Å². The van der Waals surface area contributed by atoms with Crippen molar-refractivity contribution in [3.8, 4) is 16.9 Å². The number of amides is 1. The summed E-state index contributed by atoms with van der Waals surface area (Å²) in [7, 11) is 0. The van der Waals surface area contributed by atoms with Crippen LogP contribution in [0.5, 0.6) is 0 Å². The maximum atomic E-state index is 13.7. The Kier molecular flexibility index (Phi) is 7.11. The van der Waals surface area contributed by atoms with Gasteiger partial charge in [-0.2, -0.15) is 5.10 Å². The van der Waals surface area contributed by atoms with Crippen molar-refractivity contribution in [2.24, 2.45) is 5.92 Å². The van der Waals surface area contributed by atoms with Gasteiger partial charge in [-0.1, -0.05) is 0 Å². The Morgan fingerprint density at radius 1 is 1.21 bits per heavy atom. The van der Waals surface area contributed by atoms with E-state index in [1.807, 2.05) is 6.92 Å². The fraction of sp³-hybridized carbons (Fsp3) is 0.370. The standard InChI is InChI=1S/C27H28FN5O4S/c1-4-37-26(36)18-6-5-11-31(14-18)23(34)13-21-15-38-27-29-17(3)24(25(35)32(21)27)22-12-16(2)33(30-22)20-9-7-19(28)8-10-20/h7-10,12,15,18H,4-6,11,13-14H2,1-3H3. The lowest BCUT2D eigenvalue weighted by Gasteiger charge is -2.31. The van der Waals surface area contributed by atoms with E-state index in [0.29, 0.717) is 59.4 Å². The quantitative estimate of drug-likeness (QED) is 0.348. The minimum Gasteiger partial charge on any atom is -0.466 e. The molecule has 0 N–H and O–H groups in total. The Balaban J connectivity index is 1.45. The summed E-state index contributed by atoms with van der Waals surface area (Å²) in [4.78, 5) is 46.0. The van der Waals surface area contributed by atoms with Gasteiger partial charge in [-0.3, -0.25) is 18.8 Å². The van der Waals surface area contributed by atoms with Gasteiger partial charge in [-0.25, -0.2) is 14.1 Å². The van der Waals surface area contributed by atoms with Gasteiger partial charge in [-0.05, 0) is 63.9 Å². The number of carbonyl (C=O) groups excluding carboxylic acids is 2. The second-order valence-corrected chi connectivity index (χ2v) is 10.2. The molecule has 1 aromatic carbocycles. The molecular weight excluding hydrogens is 509 g/mol. The van der Waals surface area contributed by atoms with Crippen LogP contribution >= 0.6 is 11.3 Å². The van der Waals surface area contributed by atoms with Gasteiger partial charge in [0.2, 0.25) is 5.91 Å². The Bertz CT molecular complexity index is 1570. The number of hydrogen-bond donors (Lipinski definition) is 0. The third-order valence-electron chi connectivity index (χ3n) is 6.76. The van der Waals surface area contributed by atoms with E-state index in [-0.39, 0.29) is 35.6 Å². The number of nitrogens with zero attached hydrogens (tertiary/aromatic N) is 5. The molecular formula is C27H28FN5O4S. The summed E-state index contributed by atoms with van der Waals surface area (Å²) < 4.78 is 21.7. The van der Waals surface area contributed by atoms with E-state index in [0.717, 1.165) is 12.1 Å². The SMILES string of the molecule is CCOC(=O)C1CCCN(C(=O)Cc2csc3nc(C)c(-c4cc(C)n(-c5ccc(F)cc5)n4)c(=O)n23)C1. The Morgan fingerprint density at radius 3 is 2.71 bits per heavy atom. The van der Waals surface area contributed by atoms with Crippen molar-refractivity contribution in [1.29, 1.82) is 0 Å². The molecule has 5 rings (SSSR count). The number of thiazole rings is 1. The number of fused-ring (bicyclic) bond motifs is 1. The summed E-state index contributed by atoms with van der Waals surface area (Å²) in [6.45, 7) is 6.57. The van der Waals surface area contributed by atoms with Crippen molar-refractivity contribution >= 4 is 28.2 Å². The predicted octanol–water partition coefficient (Wildman–Crippen LogP) is 3.71. The number of aryl methyl sites for hydroxylation is 2. The van der Waals surface area contributed by atoms with Crippen molar-refractivity contribution in [2.45, 2.75) is 40.0 Å². The van der Waals surface area contributed by atoms with E-state index in [1.54, 1.807) is 47.0 Å². The van der Waals surface area contributed by atoms with Gasteiger partial charge < -0.3 is 9.64 Å². The lowest BCUT2D eigenvalue weighted by molar-refractivity contribution is -0.151. The van der Waals surface area contributed by atoms with E-state index in [1.165, 1.54) is 27.9 Å². The minimum atomic E-state index is -0.344. The number of hydrogen-bond acceptors (Lipinski definition) is 7. The average Bonchev–Trinajstić information content (AvgIpc) is 3.47. The van der Waals surface area contributed by atoms with Crippen LogP contribution in [-0.2, 0) is 20.7 Å². The highest BCUT2D eigenvalue weighted by molar-refractivity contribution is 7.15. The summed E-state index contributed by atoms with van der Waals surface area (Å²) in [6, 6.07) is 7.75. The van der Waals surface area contributed by atoms with E-state index >= 15 is 0 Å². The molecule has 3 aromatic heterocycles. The largest absolute Gasteiger partial charge is 0.466 e. The van der Waals surface area contributed by atoms with Crippen LogP contribution in [0.25, 0.3) is 21.9 Å². The molecule has 0 spiro atoms. The van der Waals surface area contributed by atoms with Gasteiger partial charge in [0.15, 0.2) is 4.96 Å². The summed E-state index contributed by atoms with van der Waals surface area (Å²) in [5.74, 6) is -1.10. The molecule has 0 bridgehead atoms. The molecule has 1 atom stereocenters. The zero-order valence-electron chi connectivity index (χ0n) is 21.4. The maximum Gasteiger partial charge on any atom is 0.310 e. The maximum absolute atomic E-state index is 13.7. The van der Waals surface area contributed by atoms with E-state index in [2.05, 4.69) is 10.1 Å². The molecule has 1 saturated heterocycles. The number of piperidine rings is 1. The van der Waals surface area contributed by atoms with Crippen LogP contribution in [0.15, 0.2) is 40.5 Å². The zero-order valence-corrected chi connectivity index (χ0v) is 22.3. The van der Waals surface area contributed by atoms with Gasteiger partial charge >= 0.3 is 5.97 Å². The number of carbonyl (C=O) groups is 2. The van der Waals surface area contributed by atoms with Crippen molar-refractivity contribution in [2.75, 3.05) is 19.7 Å². The van der Waals surface area contributed by atoms with Gasteiger partial charge in [0.05, 0.1) is 35.9 Å². The Morgan fingerprint density at radius 2 is 1.97 bits per heavy atom. The third kappa shape index (κ3) is 4.85. The summed E-state index contributed by atoms with van der Waals surface area (Å²) in [5, 5.41) is 6.40. The number of benzene rings is 1. The first-order valence-corrected chi connectivity index (χ1v) is 13.4. The molecule has 4 aromatic rings. The smallest absolute Gasteiger partial charge is 0.310 e. The number of esters is 1. The molecule has 11 heteroatoms. The summed E-state index contributed by atoms with van der Waals surface area (Å²) in [6.07, 6.45) is 1.43. The van der Waals surface area contributed by atoms with Gasteiger partial charge in [-0.15, -0.1) is 11.3 Å². The molecule has 1 amide bonds. The highest BCUT2D eigenvalue weighted by atomic mass is 32.1. The van der Waals surface area contributed by atoms with Crippen molar-refractivity contribution in [3.05, 3.63) is 69.0 Å². The fourth-order valence-electron chi connectivity index (χ4n) is 4.89. The van der Waals surface area contributed by atoms with Crippen molar-refractivity contribution < 1.29 is 18.7 Å². The van der Waals surface area contributed by atoms with Crippen LogP contribution in [0, 0.1) is 25.6 Å². The molecule has 0 saturated carbocycles. The highest BCUT2D eigenvalue weighted by Gasteiger charge is 2.30. The van der Waals surface area contributed by atoms with E-state index in [4.69, 9.17) is 4.74 Å². The van der Waals surface area contributed by atoms with Crippen molar-refractivity contribution in [1.82, 2.24) is 24.1 Å². The molecule has 1 aliphatic heterocycles. The van der Waals surface area contributed by atoms with Crippen LogP contribution in [0.4, 0.5) is 4.39 Å². The zero-order chi connectivity index (χ0) is 27.0. The summed E-state index contributed by atoms with van der Waals surface area (Å²) in [5.41, 5.74) is 3.02. The number of halogens is 1.